The molecule has 1 aromatic rings. The Kier molecular flexibility index (Phi) is 3.11. The van der Waals surface area contributed by atoms with Crippen LogP contribution in [-0.2, 0) is 0 Å². The van der Waals surface area contributed by atoms with Gasteiger partial charge in [0.2, 0.25) is 0 Å². The summed E-state index contributed by atoms with van der Waals surface area (Å²) in [6, 6.07) is 1.77. The molecule has 0 saturated carbocycles. The lowest BCUT2D eigenvalue weighted by molar-refractivity contribution is 0.343. The Balaban J connectivity index is 2.80. The minimum atomic E-state index is -0.0244. The first-order chi connectivity index (χ1) is 6.40. The molecule has 1 unspecified atom stereocenters. The number of pyridine rings is 1. The number of nitrogens with two attached hydrogens (primary N) is 2. The van der Waals surface area contributed by atoms with Gasteiger partial charge in [-0.15, -0.1) is 0 Å². The summed E-state index contributed by atoms with van der Waals surface area (Å²) in [6.45, 7) is 6.50. The van der Waals surface area contributed by atoms with Crippen molar-refractivity contribution in [3.8, 4) is 0 Å². The minimum Gasteiger partial charge on any atom is -0.398 e. The minimum absolute atomic E-state index is 0.0244. The Bertz CT molecular complexity index is 302. The molecule has 0 aliphatic rings. The summed E-state index contributed by atoms with van der Waals surface area (Å²) < 4.78 is 0. The second-order valence-corrected chi connectivity index (χ2v) is 4.88. The SMILES string of the molecule is CC(C)(C)CC(N)c1cnccc1N. The monoisotopic (exact) mass is 193 g/mol. The first kappa shape index (κ1) is 11.0. The van der Waals surface area contributed by atoms with Gasteiger partial charge in [-0.3, -0.25) is 4.98 Å². The Morgan fingerprint density at radius 3 is 2.57 bits per heavy atom. The number of rotatable bonds is 2. The number of nitrogens with zero attached hydrogens (tertiary/aromatic N) is 1. The Hall–Kier alpha value is -1.09. The maximum atomic E-state index is 6.06. The highest BCUT2D eigenvalue weighted by Crippen LogP contribution is 2.29. The zero-order chi connectivity index (χ0) is 10.8. The number of aromatic nitrogens is 1. The maximum Gasteiger partial charge on any atom is 0.0393 e. The van der Waals surface area contributed by atoms with Crippen molar-refractivity contribution in [2.45, 2.75) is 33.2 Å². The lowest BCUT2D eigenvalue weighted by Gasteiger charge is -2.23. The van der Waals surface area contributed by atoms with Crippen LogP contribution in [0.25, 0.3) is 0 Å². The molecule has 0 spiro atoms. The molecule has 0 saturated heterocycles. The predicted molar refractivity (Wildman–Crippen MR) is 59.6 cm³/mol. The molecular weight excluding hydrogens is 174 g/mol. The fourth-order valence-electron chi connectivity index (χ4n) is 1.50. The van der Waals surface area contributed by atoms with E-state index in [1.165, 1.54) is 0 Å². The van der Waals surface area contributed by atoms with Crippen molar-refractivity contribution in [1.82, 2.24) is 4.98 Å². The van der Waals surface area contributed by atoms with Crippen molar-refractivity contribution in [1.29, 1.82) is 0 Å². The third kappa shape index (κ3) is 3.00. The highest BCUT2D eigenvalue weighted by molar-refractivity contribution is 5.46. The average molecular weight is 193 g/mol. The van der Waals surface area contributed by atoms with E-state index in [9.17, 15) is 0 Å². The third-order valence-electron chi connectivity index (χ3n) is 2.12. The van der Waals surface area contributed by atoms with Crippen LogP contribution in [0, 0.1) is 5.41 Å². The molecule has 0 fully saturated rings. The van der Waals surface area contributed by atoms with Gasteiger partial charge < -0.3 is 11.5 Å². The van der Waals surface area contributed by atoms with Gasteiger partial charge in [0, 0.05) is 29.7 Å². The van der Waals surface area contributed by atoms with E-state index < -0.39 is 0 Å². The summed E-state index contributed by atoms with van der Waals surface area (Å²) in [5, 5.41) is 0. The topological polar surface area (TPSA) is 64.9 Å². The van der Waals surface area contributed by atoms with Gasteiger partial charge in [0.05, 0.1) is 0 Å². The maximum absolute atomic E-state index is 6.06. The number of hydrogen-bond donors (Lipinski definition) is 2. The molecule has 1 heterocycles. The van der Waals surface area contributed by atoms with Gasteiger partial charge in [-0.2, -0.15) is 0 Å². The van der Waals surface area contributed by atoms with Gasteiger partial charge in [-0.25, -0.2) is 0 Å². The fourth-order valence-corrected chi connectivity index (χ4v) is 1.50. The highest BCUT2D eigenvalue weighted by Gasteiger charge is 2.18. The zero-order valence-electron chi connectivity index (χ0n) is 9.12. The van der Waals surface area contributed by atoms with E-state index in [1.807, 2.05) is 0 Å². The Morgan fingerprint density at radius 2 is 2.07 bits per heavy atom. The fraction of sp³-hybridized carbons (Fsp3) is 0.545. The molecule has 0 amide bonds. The molecule has 0 aliphatic carbocycles. The summed E-state index contributed by atoms with van der Waals surface area (Å²) >= 11 is 0. The molecule has 0 bridgehead atoms. The van der Waals surface area contributed by atoms with E-state index >= 15 is 0 Å². The number of nitrogen functional groups attached to an aromatic ring is 1. The summed E-state index contributed by atoms with van der Waals surface area (Å²) in [7, 11) is 0. The van der Waals surface area contributed by atoms with Crippen molar-refractivity contribution in [3.05, 3.63) is 24.0 Å². The molecule has 3 nitrogen and oxygen atoms in total. The van der Waals surface area contributed by atoms with Gasteiger partial charge in [-0.05, 0) is 17.9 Å². The first-order valence-electron chi connectivity index (χ1n) is 4.85. The number of hydrogen-bond acceptors (Lipinski definition) is 3. The van der Waals surface area contributed by atoms with E-state index in [-0.39, 0.29) is 11.5 Å². The molecule has 78 valence electrons. The average Bonchev–Trinajstić information content (AvgIpc) is 2.01. The van der Waals surface area contributed by atoms with Crippen molar-refractivity contribution >= 4 is 5.69 Å². The zero-order valence-corrected chi connectivity index (χ0v) is 9.12. The van der Waals surface area contributed by atoms with Crippen LogP contribution in [0.3, 0.4) is 0 Å². The summed E-state index contributed by atoms with van der Waals surface area (Å²) in [6.07, 6.45) is 4.34. The second kappa shape index (κ2) is 3.96. The van der Waals surface area contributed by atoms with Crippen LogP contribution in [0.15, 0.2) is 18.5 Å². The van der Waals surface area contributed by atoms with Gasteiger partial charge in [0.25, 0.3) is 0 Å². The largest absolute Gasteiger partial charge is 0.398 e. The lowest BCUT2D eigenvalue weighted by atomic mass is 9.86. The van der Waals surface area contributed by atoms with Gasteiger partial charge in [0.15, 0.2) is 0 Å². The van der Waals surface area contributed by atoms with E-state index in [0.717, 1.165) is 17.7 Å². The molecule has 4 N–H and O–H groups in total. The van der Waals surface area contributed by atoms with Crippen LogP contribution >= 0.6 is 0 Å². The highest BCUT2D eigenvalue weighted by atomic mass is 14.7. The van der Waals surface area contributed by atoms with E-state index in [4.69, 9.17) is 11.5 Å². The smallest absolute Gasteiger partial charge is 0.0393 e. The van der Waals surface area contributed by atoms with Crippen LogP contribution < -0.4 is 11.5 Å². The first-order valence-corrected chi connectivity index (χ1v) is 4.85. The molecule has 14 heavy (non-hydrogen) atoms. The molecule has 0 aromatic carbocycles. The van der Waals surface area contributed by atoms with Crippen LogP contribution in [0.2, 0.25) is 0 Å². The van der Waals surface area contributed by atoms with Crippen molar-refractivity contribution in [2.24, 2.45) is 11.1 Å². The van der Waals surface area contributed by atoms with E-state index in [2.05, 4.69) is 25.8 Å². The summed E-state index contributed by atoms with van der Waals surface area (Å²) in [5.74, 6) is 0. The van der Waals surface area contributed by atoms with Crippen molar-refractivity contribution < 1.29 is 0 Å². The van der Waals surface area contributed by atoms with Crippen LogP contribution in [-0.4, -0.2) is 4.98 Å². The van der Waals surface area contributed by atoms with E-state index in [0.29, 0.717) is 0 Å². The quantitative estimate of drug-likeness (QED) is 0.756. The molecule has 1 aromatic heterocycles. The van der Waals surface area contributed by atoms with Crippen molar-refractivity contribution in [3.63, 3.8) is 0 Å². The molecule has 3 heteroatoms. The van der Waals surface area contributed by atoms with Crippen LogP contribution in [0.5, 0.6) is 0 Å². The second-order valence-electron chi connectivity index (χ2n) is 4.88. The van der Waals surface area contributed by atoms with Gasteiger partial charge in [-0.1, -0.05) is 20.8 Å². The molecule has 0 radical (unpaired) electrons. The van der Waals surface area contributed by atoms with Crippen LogP contribution in [0.4, 0.5) is 5.69 Å². The Labute approximate surface area is 85.5 Å². The summed E-state index contributed by atoms with van der Waals surface area (Å²) in [5.41, 5.74) is 13.8. The van der Waals surface area contributed by atoms with Gasteiger partial charge in [0.1, 0.15) is 0 Å². The number of anilines is 1. The van der Waals surface area contributed by atoms with Crippen LogP contribution in [0.1, 0.15) is 38.8 Å². The van der Waals surface area contributed by atoms with E-state index in [1.54, 1.807) is 18.5 Å². The summed E-state index contributed by atoms with van der Waals surface area (Å²) in [4.78, 5) is 4.04. The lowest BCUT2D eigenvalue weighted by Crippen LogP contribution is -2.19. The molecular formula is C11H19N3. The van der Waals surface area contributed by atoms with Gasteiger partial charge >= 0.3 is 0 Å². The Morgan fingerprint density at radius 1 is 1.43 bits per heavy atom. The molecule has 0 aliphatic heterocycles. The third-order valence-corrected chi connectivity index (χ3v) is 2.12. The predicted octanol–water partition coefficient (Wildman–Crippen LogP) is 2.10. The molecule has 1 atom stereocenters. The normalized spacial score (nSPS) is 14.0. The standard InChI is InChI=1S/C11H19N3/c1-11(2,3)6-10(13)8-7-14-5-4-9(8)12/h4-5,7,10H,6,13H2,1-3H3,(H2,12,14). The van der Waals surface area contributed by atoms with Crippen molar-refractivity contribution in [2.75, 3.05) is 5.73 Å². The molecule has 1 rings (SSSR count).